The minimum absolute atomic E-state index is 0.184. The van der Waals surface area contributed by atoms with Gasteiger partial charge in [0.1, 0.15) is 17.3 Å². The minimum atomic E-state index is -1.19. The Hall–Kier alpha value is -4.34. The van der Waals surface area contributed by atoms with Gasteiger partial charge in [-0.05, 0) is 48.2 Å². The van der Waals surface area contributed by atoms with Gasteiger partial charge in [-0.2, -0.15) is 0 Å². The van der Waals surface area contributed by atoms with Crippen LogP contribution in [0.3, 0.4) is 0 Å². The van der Waals surface area contributed by atoms with E-state index in [1.54, 1.807) is 55.9 Å². The van der Waals surface area contributed by atoms with Crippen LogP contribution in [0, 0.1) is 5.41 Å². The SMILES string of the molecule is COc1ccc([C@H](N(C(=O)O)c2ccc3[nH]c(=O)n(C(C)c4cccnc4)c3n2)C(C)(C)C)c(OC)c1. The highest BCUT2D eigenvalue weighted by Gasteiger charge is 2.39. The standard InChI is InChI=1S/C27H31N5O5/c1-16(17-8-7-13-28-15-17)31-24-20(29-25(31)33)11-12-22(30-24)32(26(34)35)23(27(2,3)4)19-10-9-18(36-5)14-21(19)37-6/h7-16,23H,1-6H3,(H,29,33)(H,34,35)/t16?,23-/m0/s1. The number of aromatic amines is 1. The maximum atomic E-state index is 12.9. The molecule has 2 N–H and O–H groups in total. The molecule has 3 aromatic heterocycles. The molecule has 0 aliphatic heterocycles. The summed E-state index contributed by atoms with van der Waals surface area (Å²) in [6.45, 7) is 7.72. The van der Waals surface area contributed by atoms with Gasteiger partial charge in [0.05, 0.1) is 31.8 Å². The molecule has 0 aliphatic rings. The second-order valence-electron chi connectivity index (χ2n) is 9.83. The van der Waals surface area contributed by atoms with E-state index >= 15 is 0 Å². The summed E-state index contributed by atoms with van der Waals surface area (Å²) in [5.74, 6) is 1.27. The molecule has 4 aromatic rings. The summed E-state index contributed by atoms with van der Waals surface area (Å²) < 4.78 is 12.5. The highest BCUT2D eigenvalue weighted by molar-refractivity contribution is 5.88. The number of hydrogen-bond donors (Lipinski definition) is 2. The lowest BCUT2D eigenvalue weighted by Crippen LogP contribution is -2.41. The molecule has 194 valence electrons. The van der Waals surface area contributed by atoms with Crippen LogP contribution in [0.1, 0.15) is 50.9 Å². The number of fused-ring (bicyclic) bond motifs is 1. The van der Waals surface area contributed by atoms with Crippen molar-refractivity contribution in [3.8, 4) is 11.5 Å². The molecule has 4 rings (SSSR count). The predicted octanol–water partition coefficient (Wildman–Crippen LogP) is 5.02. The lowest BCUT2D eigenvalue weighted by molar-refractivity contribution is 0.188. The molecule has 0 fully saturated rings. The van der Waals surface area contributed by atoms with E-state index in [0.29, 0.717) is 28.2 Å². The maximum absolute atomic E-state index is 12.9. The lowest BCUT2D eigenvalue weighted by atomic mass is 9.80. The van der Waals surface area contributed by atoms with Crippen molar-refractivity contribution in [3.05, 3.63) is 76.5 Å². The Kier molecular flexibility index (Phi) is 6.93. The first-order valence-corrected chi connectivity index (χ1v) is 11.8. The number of amides is 1. The van der Waals surface area contributed by atoms with Gasteiger partial charge in [0, 0.05) is 24.0 Å². The number of nitrogens with zero attached hydrogens (tertiary/aromatic N) is 4. The zero-order chi connectivity index (χ0) is 26.9. The van der Waals surface area contributed by atoms with Crippen molar-refractivity contribution in [2.45, 2.75) is 39.8 Å². The molecule has 37 heavy (non-hydrogen) atoms. The third-order valence-electron chi connectivity index (χ3n) is 6.37. The smallest absolute Gasteiger partial charge is 0.413 e. The first-order chi connectivity index (χ1) is 17.6. The van der Waals surface area contributed by atoms with E-state index in [-0.39, 0.29) is 17.5 Å². The molecular weight excluding hydrogens is 474 g/mol. The Morgan fingerprint density at radius 2 is 1.89 bits per heavy atom. The fraction of sp³-hybridized carbons (Fsp3) is 0.333. The number of hydrogen-bond acceptors (Lipinski definition) is 6. The van der Waals surface area contributed by atoms with Gasteiger partial charge in [0.15, 0.2) is 5.65 Å². The minimum Gasteiger partial charge on any atom is -0.497 e. The average molecular weight is 506 g/mol. The number of carbonyl (C=O) groups is 1. The van der Waals surface area contributed by atoms with Crippen LogP contribution < -0.4 is 20.1 Å². The number of carboxylic acid groups (broad SMARTS) is 1. The summed E-state index contributed by atoms with van der Waals surface area (Å²) in [6, 6.07) is 11.2. The molecule has 0 spiro atoms. The second kappa shape index (κ2) is 9.96. The molecule has 1 unspecified atom stereocenters. The van der Waals surface area contributed by atoms with Crippen LogP contribution in [0.15, 0.2) is 59.7 Å². The molecule has 10 heteroatoms. The third-order valence-corrected chi connectivity index (χ3v) is 6.37. The number of pyridine rings is 2. The molecule has 0 aliphatic carbocycles. The van der Waals surface area contributed by atoms with Crippen LogP contribution in [0.4, 0.5) is 10.6 Å². The zero-order valence-corrected chi connectivity index (χ0v) is 21.7. The van der Waals surface area contributed by atoms with Crippen molar-refractivity contribution >= 4 is 23.1 Å². The Morgan fingerprint density at radius 1 is 1.14 bits per heavy atom. The summed E-state index contributed by atoms with van der Waals surface area (Å²) in [5, 5.41) is 10.5. The van der Waals surface area contributed by atoms with Crippen molar-refractivity contribution in [2.75, 3.05) is 19.1 Å². The summed E-state index contributed by atoms with van der Waals surface area (Å²) in [4.78, 5) is 38.6. The monoisotopic (exact) mass is 505 g/mol. The Morgan fingerprint density at radius 3 is 2.49 bits per heavy atom. The zero-order valence-electron chi connectivity index (χ0n) is 21.7. The summed E-state index contributed by atoms with van der Waals surface area (Å²) in [5.41, 5.74) is 1.43. The van der Waals surface area contributed by atoms with E-state index < -0.39 is 17.6 Å². The number of benzene rings is 1. The first-order valence-electron chi connectivity index (χ1n) is 11.8. The van der Waals surface area contributed by atoms with Crippen LogP contribution in [0.25, 0.3) is 11.2 Å². The Balaban J connectivity index is 1.91. The van der Waals surface area contributed by atoms with E-state index in [2.05, 4.69) is 9.97 Å². The van der Waals surface area contributed by atoms with Crippen molar-refractivity contribution in [2.24, 2.45) is 5.41 Å². The fourth-order valence-corrected chi connectivity index (χ4v) is 4.63. The third kappa shape index (κ3) is 4.87. The molecule has 0 saturated carbocycles. The van der Waals surface area contributed by atoms with E-state index in [1.165, 1.54) is 16.6 Å². The van der Waals surface area contributed by atoms with Gasteiger partial charge in [-0.3, -0.25) is 14.5 Å². The molecule has 0 saturated heterocycles. The Bertz CT molecular complexity index is 1470. The lowest BCUT2D eigenvalue weighted by Gasteiger charge is -2.39. The largest absolute Gasteiger partial charge is 0.497 e. The van der Waals surface area contributed by atoms with Crippen molar-refractivity contribution < 1.29 is 19.4 Å². The molecule has 3 heterocycles. The number of nitrogens with one attached hydrogen (secondary N) is 1. The summed E-state index contributed by atoms with van der Waals surface area (Å²) >= 11 is 0. The Labute approximate surface area is 214 Å². The van der Waals surface area contributed by atoms with E-state index in [9.17, 15) is 14.7 Å². The quantitative estimate of drug-likeness (QED) is 0.362. The first kappa shape index (κ1) is 25.7. The number of aromatic nitrogens is 4. The molecule has 1 aromatic carbocycles. The van der Waals surface area contributed by atoms with Gasteiger partial charge in [-0.25, -0.2) is 14.6 Å². The summed E-state index contributed by atoms with van der Waals surface area (Å²) in [6.07, 6.45) is 2.17. The van der Waals surface area contributed by atoms with Crippen molar-refractivity contribution in [3.63, 3.8) is 0 Å². The van der Waals surface area contributed by atoms with Crippen LogP contribution in [0.5, 0.6) is 11.5 Å². The molecule has 10 nitrogen and oxygen atoms in total. The normalized spacial score (nSPS) is 13.2. The average Bonchev–Trinajstić information content (AvgIpc) is 3.20. The maximum Gasteiger partial charge on any atom is 0.413 e. The van der Waals surface area contributed by atoms with E-state index in [0.717, 1.165) is 5.56 Å². The van der Waals surface area contributed by atoms with Crippen molar-refractivity contribution in [1.82, 2.24) is 19.5 Å². The molecule has 1 amide bonds. The van der Waals surface area contributed by atoms with E-state index in [4.69, 9.17) is 14.5 Å². The predicted molar refractivity (Wildman–Crippen MR) is 141 cm³/mol. The number of imidazole rings is 1. The van der Waals surface area contributed by atoms with Crippen LogP contribution in [-0.4, -0.2) is 44.9 Å². The van der Waals surface area contributed by atoms with Gasteiger partial charge < -0.3 is 19.6 Å². The molecule has 0 radical (unpaired) electrons. The van der Waals surface area contributed by atoms with Crippen LogP contribution >= 0.6 is 0 Å². The van der Waals surface area contributed by atoms with E-state index in [1.807, 2.05) is 33.8 Å². The van der Waals surface area contributed by atoms with Crippen LogP contribution in [0.2, 0.25) is 0 Å². The molecule has 0 bridgehead atoms. The topological polar surface area (TPSA) is 123 Å². The van der Waals surface area contributed by atoms with Crippen molar-refractivity contribution in [1.29, 1.82) is 0 Å². The molecule has 2 atom stereocenters. The van der Waals surface area contributed by atoms with Gasteiger partial charge in [-0.15, -0.1) is 0 Å². The van der Waals surface area contributed by atoms with Gasteiger partial charge in [0.2, 0.25) is 0 Å². The summed E-state index contributed by atoms with van der Waals surface area (Å²) in [7, 11) is 3.09. The number of ether oxygens (including phenoxy) is 2. The molecular formula is C27H31N5O5. The van der Waals surface area contributed by atoms with Gasteiger partial charge in [-0.1, -0.05) is 26.8 Å². The highest BCUT2D eigenvalue weighted by atomic mass is 16.5. The number of rotatable bonds is 7. The van der Waals surface area contributed by atoms with Crippen LogP contribution in [-0.2, 0) is 0 Å². The van der Waals surface area contributed by atoms with Gasteiger partial charge in [0.25, 0.3) is 0 Å². The second-order valence-corrected chi connectivity index (χ2v) is 9.83. The highest BCUT2D eigenvalue weighted by Crippen LogP contribution is 2.44. The number of H-pyrrole nitrogens is 1. The number of anilines is 1. The van der Waals surface area contributed by atoms with Gasteiger partial charge >= 0.3 is 11.8 Å². The fourth-order valence-electron chi connectivity index (χ4n) is 4.63. The number of methoxy groups -OCH3 is 2.